The van der Waals surface area contributed by atoms with E-state index in [9.17, 15) is 4.79 Å². The maximum atomic E-state index is 12.7. The highest BCUT2D eigenvalue weighted by atomic mass is 28.3. The summed E-state index contributed by atoms with van der Waals surface area (Å²) >= 11 is 0. The van der Waals surface area contributed by atoms with Crippen molar-refractivity contribution in [1.82, 2.24) is 9.99 Å². The van der Waals surface area contributed by atoms with Crippen molar-refractivity contribution in [1.29, 1.82) is 0 Å². The third-order valence-electron chi connectivity index (χ3n) is 3.77. The molecule has 0 amide bonds. The lowest BCUT2D eigenvalue weighted by molar-refractivity contribution is 0.362. The summed E-state index contributed by atoms with van der Waals surface area (Å²) in [6.07, 6.45) is 0. The Morgan fingerprint density at radius 1 is 1.04 bits per heavy atom. The molecule has 1 heterocycles. The molecule has 0 radical (unpaired) electrons. The lowest BCUT2D eigenvalue weighted by atomic mass is 10.1. The molecule has 6 heteroatoms. The number of aromatic nitrogens is 1. The Balaban J connectivity index is 2.70. The first kappa shape index (κ1) is 17.4. The predicted octanol–water partition coefficient (Wildman–Crippen LogP) is 2.47. The Morgan fingerprint density at radius 3 is 2.09 bits per heavy atom. The van der Waals surface area contributed by atoms with Gasteiger partial charge >= 0.3 is 0 Å². The monoisotopic (exact) mass is 331 g/mol. The molecule has 0 atom stereocenters. The molecule has 1 aromatic carbocycles. The lowest BCUT2D eigenvalue weighted by Crippen LogP contribution is -2.52. The quantitative estimate of drug-likeness (QED) is 0.636. The zero-order valence-corrected chi connectivity index (χ0v) is 16.0. The van der Waals surface area contributed by atoms with Crippen LogP contribution in [-0.2, 0) is 0 Å². The van der Waals surface area contributed by atoms with Crippen molar-refractivity contribution in [3.8, 4) is 11.5 Å². The molecule has 0 unspecified atom stereocenters. The summed E-state index contributed by atoms with van der Waals surface area (Å²) in [5.41, 5.74) is 1.78. The largest absolute Gasteiger partial charge is 0.421 e. The third kappa shape index (κ3) is 3.71. The Labute approximate surface area is 138 Å². The van der Waals surface area contributed by atoms with E-state index >= 15 is 0 Å². The van der Waals surface area contributed by atoms with Crippen LogP contribution in [0, 0.1) is 6.92 Å². The maximum Gasteiger partial charge on any atom is 0.277 e. The van der Waals surface area contributed by atoms with Crippen LogP contribution in [0.15, 0.2) is 33.5 Å². The summed E-state index contributed by atoms with van der Waals surface area (Å²) in [5, 5.41) is 4.46. The van der Waals surface area contributed by atoms with Crippen molar-refractivity contribution in [2.75, 3.05) is 26.2 Å². The topological polar surface area (TPSA) is 49.6 Å². The molecule has 2 aromatic rings. The summed E-state index contributed by atoms with van der Waals surface area (Å²) in [6.45, 7) is 8.39. The molecular weight excluding hydrogens is 306 g/mol. The average molecular weight is 331 g/mol. The van der Waals surface area contributed by atoms with Gasteiger partial charge in [0, 0.05) is 26.7 Å². The molecule has 5 nitrogen and oxygen atoms in total. The van der Waals surface area contributed by atoms with Crippen LogP contribution < -0.4 is 15.8 Å². The van der Waals surface area contributed by atoms with Gasteiger partial charge in [0.05, 0.1) is 13.3 Å². The van der Waals surface area contributed by atoms with Crippen LogP contribution in [0.2, 0.25) is 19.6 Å². The first-order chi connectivity index (χ1) is 10.6. The Hall–Kier alpha value is -1.92. The number of hydrogen-bond acceptors (Lipinski definition) is 5. The van der Waals surface area contributed by atoms with Crippen LogP contribution in [0.1, 0.15) is 5.56 Å². The Morgan fingerprint density at radius 2 is 1.61 bits per heavy atom. The van der Waals surface area contributed by atoms with Gasteiger partial charge in [0.2, 0.25) is 11.8 Å². The van der Waals surface area contributed by atoms with Gasteiger partial charge in [-0.3, -0.25) is 9.80 Å². The van der Waals surface area contributed by atoms with Crippen LogP contribution in [-0.4, -0.2) is 39.2 Å². The lowest BCUT2D eigenvalue weighted by Gasteiger charge is -2.29. The van der Waals surface area contributed by atoms with Gasteiger partial charge in [-0.05, 0) is 19.1 Å². The van der Waals surface area contributed by atoms with Crippen LogP contribution >= 0.6 is 0 Å². The normalized spacial score (nSPS) is 11.8. The van der Waals surface area contributed by atoms with Crippen molar-refractivity contribution >= 4 is 19.1 Å². The predicted molar refractivity (Wildman–Crippen MR) is 98.0 cm³/mol. The number of rotatable bonds is 4. The summed E-state index contributed by atoms with van der Waals surface area (Å²) in [7, 11) is 3.82. The molecule has 0 aliphatic heterocycles. The molecule has 0 aliphatic carbocycles. The van der Waals surface area contributed by atoms with E-state index < -0.39 is 8.07 Å². The van der Waals surface area contributed by atoms with E-state index in [1.54, 1.807) is 0 Å². The highest BCUT2D eigenvalue weighted by Gasteiger charge is 2.30. The number of benzene rings is 1. The fraction of sp³-hybridized carbons (Fsp3) is 0.412. The second kappa shape index (κ2) is 6.29. The van der Waals surface area contributed by atoms with Crippen LogP contribution in [0.5, 0.6) is 0 Å². The summed E-state index contributed by atoms with van der Waals surface area (Å²) in [4.78, 5) is 16.9. The fourth-order valence-electron chi connectivity index (χ4n) is 2.28. The summed E-state index contributed by atoms with van der Waals surface area (Å²) < 4.78 is 6.07. The van der Waals surface area contributed by atoms with Crippen LogP contribution in [0.4, 0.5) is 5.88 Å². The molecule has 0 saturated heterocycles. The smallest absolute Gasteiger partial charge is 0.277 e. The number of aryl methyl sites for hydroxylation is 1. The molecule has 23 heavy (non-hydrogen) atoms. The zero-order valence-electron chi connectivity index (χ0n) is 15.0. The van der Waals surface area contributed by atoms with Gasteiger partial charge in [0.15, 0.2) is 0 Å². The number of hydrazine groups is 1. The van der Waals surface area contributed by atoms with Gasteiger partial charge in [-0.15, -0.1) is 0 Å². The van der Waals surface area contributed by atoms with E-state index in [-0.39, 0.29) is 5.56 Å². The van der Waals surface area contributed by atoms with E-state index in [0.717, 1.165) is 11.1 Å². The van der Waals surface area contributed by atoms with Gasteiger partial charge < -0.3 is 4.42 Å². The van der Waals surface area contributed by atoms with Crippen molar-refractivity contribution in [3.05, 3.63) is 40.2 Å². The first-order valence-corrected chi connectivity index (χ1v) is 11.1. The second-order valence-electron chi connectivity index (χ2n) is 6.99. The van der Waals surface area contributed by atoms with Gasteiger partial charge in [0.25, 0.3) is 5.56 Å². The number of hydrogen-bond donors (Lipinski definition) is 0. The molecule has 2 rings (SSSR count). The van der Waals surface area contributed by atoms with Gasteiger partial charge in [0.1, 0.15) is 0 Å². The Kier molecular flexibility index (Phi) is 4.77. The first-order valence-electron chi connectivity index (χ1n) is 7.65. The van der Waals surface area contributed by atoms with Crippen LogP contribution in [0.3, 0.4) is 0 Å². The van der Waals surface area contributed by atoms with Crippen molar-refractivity contribution in [2.45, 2.75) is 26.6 Å². The molecule has 0 aliphatic rings. The van der Waals surface area contributed by atoms with E-state index in [1.165, 1.54) is 0 Å². The minimum atomic E-state index is -1.90. The highest BCUT2D eigenvalue weighted by Crippen LogP contribution is 2.22. The molecule has 0 bridgehead atoms. The molecule has 124 valence electrons. The van der Waals surface area contributed by atoms with Crippen LogP contribution in [0.25, 0.3) is 11.5 Å². The zero-order chi connectivity index (χ0) is 17.4. The third-order valence-corrected chi connectivity index (χ3v) is 5.69. The average Bonchev–Trinajstić information content (AvgIpc) is 2.44. The minimum absolute atomic E-state index is 0.185. The number of anilines is 1. The molecule has 0 fully saturated rings. The van der Waals surface area contributed by atoms with Gasteiger partial charge in [-0.25, -0.2) is 5.01 Å². The van der Waals surface area contributed by atoms with E-state index in [4.69, 9.17) is 4.42 Å². The summed E-state index contributed by atoms with van der Waals surface area (Å²) in [6, 6.07) is 7.82. The molecule has 0 N–H and O–H groups in total. The summed E-state index contributed by atoms with van der Waals surface area (Å²) in [5.74, 6) is 0.949. The second-order valence-corrected chi connectivity index (χ2v) is 12.0. The van der Waals surface area contributed by atoms with Crippen molar-refractivity contribution < 1.29 is 4.42 Å². The van der Waals surface area contributed by atoms with Gasteiger partial charge in [-0.1, -0.05) is 37.3 Å². The standard InChI is InChI=1S/C17H25N3O2Si/c1-12-8-10-13(11-9-12)16-18-15(21)14(23(5,6)7)17(22-16)20(4)19(2)3/h8-11H,1-7H3. The van der Waals surface area contributed by atoms with E-state index in [2.05, 4.69) is 24.6 Å². The highest BCUT2D eigenvalue weighted by molar-refractivity contribution is 6.89. The fourth-order valence-corrected chi connectivity index (χ4v) is 3.83. The minimum Gasteiger partial charge on any atom is -0.421 e. The SMILES string of the molecule is Cc1ccc(-c2nc(=O)c([Si](C)(C)C)c(N(C)N(C)C)o2)cc1. The van der Waals surface area contributed by atoms with Gasteiger partial charge in [-0.2, -0.15) is 4.98 Å². The maximum absolute atomic E-state index is 12.7. The van der Waals surface area contributed by atoms with Crippen molar-refractivity contribution in [3.63, 3.8) is 0 Å². The molecule has 0 saturated carbocycles. The number of nitrogens with zero attached hydrogens (tertiary/aromatic N) is 3. The molecule has 0 spiro atoms. The van der Waals surface area contributed by atoms with E-state index in [1.807, 2.05) is 62.4 Å². The van der Waals surface area contributed by atoms with Crippen molar-refractivity contribution in [2.24, 2.45) is 0 Å². The molecular formula is C17H25N3O2Si. The van der Waals surface area contributed by atoms with E-state index in [0.29, 0.717) is 17.0 Å². The Bertz CT molecular complexity index is 746. The molecule has 1 aromatic heterocycles.